The van der Waals surface area contributed by atoms with Gasteiger partial charge in [-0.15, -0.1) is 8.78 Å². The molecule has 172 valence electrons. The van der Waals surface area contributed by atoms with Crippen LogP contribution in [0.4, 0.5) is 14.5 Å². The van der Waals surface area contributed by atoms with Crippen molar-refractivity contribution in [2.24, 2.45) is 0 Å². The van der Waals surface area contributed by atoms with Crippen molar-refractivity contribution in [2.75, 3.05) is 38.0 Å². The van der Waals surface area contributed by atoms with Gasteiger partial charge in [0.05, 0.1) is 31.2 Å². The Labute approximate surface area is 192 Å². The van der Waals surface area contributed by atoms with Crippen LogP contribution in [0.5, 0.6) is 11.5 Å². The first-order chi connectivity index (χ1) is 15.0. The minimum Gasteiger partial charge on any atom is -0.395 e. The molecule has 0 aromatic heterocycles. The van der Waals surface area contributed by atoms with E-state index >= 15 is 0 Å². The van der Waals surface area contributed by atoms with Gasteiger partial charge in [-0.2, -0.15) is 4.31 Å². The van der Waals surface area contributed by atoms with Crippen LogP contribution in [0.3, 0.4) is 0 Å². The minimum atomic E-state index is -3.81. The van der Waals surface area contributed by atoms with E-state index in [9.17, 15) is 22.0 Å². The van der Waals surface area contributed by atoms with Gasteiger partial charge in [-0.3, -0.25) is 4.79 Å². The molecule has 2 aliphatic heterocycles. The first-order valence-corrected chi connectivity index (χ1v) is 11.7. The number of halogens is 4. The van der Waals surface area contributed by atoms with Gasteiger partial charge in [-0.1, -0.05) is 23.2 Å². The number of alkyl halides is 2. The zero-order chi connectivity index (χ0) is 23.1. The lowest BCUT2D eigenvalue weighted by atomic mass is 10.2. The number of sulfonamides is 1. The molecule has 1 saturated heterocycles. The highest BCUT2D eigenvalue weighted by Crippen LogP contribution is 2.42. The van der Waals surface area contributed by atoms with Crippen LogP contribution in [-0.4, -0.2) is 57.6 Å². The first kappa shape index (κ1) is 23.0. The van der Waals surface area contributed by atoms with Crippen LogP contribution < -0.4 is 19.7 Å². The molecular weight excluding hydrogens is 491 g/mol. The number of carbonyl (C=O) groups is 1. The Balaban J connectivity index is 1.33. The zero-order valence-corrected chi connectivity index (χ0v) is 18.7. The summed E-state index contributed by atoms with van der Waals surface area (Å²) in [6, 6.07) is 8.21. The molecule has 2 aromatic carbocycles. The summed E-state index contributed by atoms with van der Waals surface area (Å²) in [5, 5.41) is 2.98. The summed E-state index contributed by atoms with van der Waals surface area (Å²) in [6.45, 7) is 1.28. The smallest absolute Gasteiger partial charge is 0.395 e. The highest BCUT2D eigenvalue weighted by molar-refractivity contribution is 7.89. The molecule has 0 saturated carbocycles. The molecule has 0 radical (unpaired) electrons. The van der Waals surface area contributed by atoms with Crippen molar-refractivity contribution in [3.05, 3.63) is 46.4 Å². The molecule has 2 N–H and O–H groups in total. The van der Waals surface area contributed by atoms with Gasteiger partial charge in [0.25, 0.3) is 5.91 Å². The zero-order valence-electron chi connectivity index (χ0n) is 16.4. The molecule has 0 atom stereocenters. The standard InChI is InChI=1S/C19H17Cl2F2N3O5S/c20-12-1-3-14(21)17(9-12)32(28,29)26-7-5-25(6-8-26)11-18(27)24-13-2-4-15-16(10-13)31-19(22,23)30-15/h1-4,9-10H,5-8,11H2,(H,24,27)/p+1. The third-order valence-electron chi connectivity index (χ3n) is 5.04. The molecule has 2 heterocycles. The van der Waals surface area contributed by atoms with Gasteiger partial charge < -0.3 is 19.7 Å². The second-order valence-corrected chi connectivity index (χ2v) is 10.0. The summed E-state index contributed by atoms with van der Waals surface area (Å²) in [7, 11) is -3.81. The van der Waals surface area contributed by atoms with Crippen molar-refractivity contribution in [1.82, 2.24) is 4.31 Å². The largest absolute Gasteiger partial charge is 0.586 e. The number of fused-ring (bicyclic) bond motifs is 1. The second-order valence-electron chi connectivity index (χ2n) is 7.28. The highest BCUT2D eigenvalue weighted by atomic mass is 35.5. The fourth-order valence-corrected chi connectivity index (χ4v) is 5.67. The topological polar surface area (TPSA) is 89.4 Å². The average molecular weight is 509 g/mol. The molecular formula is C19H18Cl2F2N3O5S+. The summed E-state index contributed by atoms with van der Waals surface area (Å²) in [4.78, 5) is 13.2. The number of benzene rings is 2. The fourth-order valence-electron chi connectivity index (χ4n) is 3.49. The number of hydrogen-bond acceptors (Lipinski definition) is 5. The molecule has 0 spiro atoms. The van der Waals surface area contributed by atoms with E-state index < -0.39 is 16.3 Å². The number of anilines is 1. The van der Waals surface area contributed by atoms with Crippen LogP contribution >= 0.6 is 23.2 Å². The molecule has 4 rings (SSSR count). The van der Waals surface area contributed by atoms with E-state index in [1.807, 2.05) is 0 Å². The summed E-state index contributed by atoms with van der Waals surface area (Å²) in [5.41, 5.74) is 0.284. The van der Waals surface area contributed by atoms with Gasteiger partial charge in [0.2, 0.25) is 10.0 Å². The van der Waals surface area contributed by atoms with Crippen molar-refractivity contribution in [2.45, 2.75) is 11.2 Å². The van der Waals surface area contributed by atoms with Gasteiger partial charge in [-0.25, -0.2) is 8.42 Å². The Morgan fingerprint density at radius 2 is 1.78 bits per heavy atom. The van der Waals surface area contributed by atoms with Crippen LogP contribution in [0.1, 0.15) is 0 Å². The van der Waals surface area contributed by atoms with Gasteiger partial charge in [0.1, 0.15) is 4.90 Å². The Kier molecular flexibility index (Phi) is 6.21. The van der Waals surface area contributed by atoms with Crippen LogP contribution in [0.15, 0.2) is 41.3 Å². The summed E-state index contributed by atoms with van der Waals surface area (Å²) >= 11 is 12.0. The van der Waals surface area contributed by atoms with Crippen LogP contribution in [0.25, 0.3) is 0 Å². The highest BCUT2D eigenvalue weighted by Gasteiger charge is 2.43. The van der Waals surface area contributed by atoms with E-state index in [1.54, 1.807) is 0 Å². The predicted molar refractivity (Wildman–Crippen MR) is 112 cm³/mol. The SMILES string of the molecule is O=C(C[NH+]1CCN(S(=O)(=O)c2cc(Cl)ccc2Cl)CC1)Nc1ccc2c(c1)OC(F)(F)O2. The number of hydrogen-bond donors (Lipinski definition) is 2. The normalized spacial score (nSPS) is 18.5. The summed E-state index contributed by atoms with van der Waals surface area (Å²) in [6.07, 6.45) is -3.73. The van der Waals surface area contributed by atoms with Crippen molar-refractivity contribution in [3.63, 3.8) is 0 Å². The second kappa shape index (κ2) is 8.64. The summed E-state index contributed by atoms with van der Waals surface area (Å²) < 4.78 is 62.0. The Hall–Kier alpha value is -2.18. The molecule has 1 amide bonds. The van der Waals surface area contributed by atoms with Gasteiger partial charge in [0.15, 0.2) is 18.0 Å². The maximum atomic E-state index is 13.1. The molecule has 2 aromatic rings. The fraction of sp³-hybridized carbons (Fsp3) is 0.316. The minimum absolute atomic E-state index is 0.0544. The number of carbonyl (C=O) groups excluding carboxylic acids is 1. The third kappa shape index (κ3) is 4.91. The molecule has 8 nitrogen and oxygen atoms in total. The Morgan fingerprint density at radius 3 is 2.50 bits per heavy atom. The van der Waals surface area contributed by atoms with Crippen LogP contribution in [0.2, 0.25) is 10.0 Å². The quantitative estimate of drug-likeness (QED) is 0.643. The van der Waals surface area contributed by atoms with E-state index in [0.29, 0.717) is 13.1 Å². The molecule has 2 aliphatic rings. The van der Waals surface area contributed by atoms with Gasteiger partial charge in [-0.05, 0) is 30.3 Å². The number of nitrogens with zero attached hydrogens (tertiary/aromatic N) is 1. The molecule has 0 unspecified atom stereocenters. The monoisotopic (exact) mass is 508 g/mol. The number of ether oxygens (including phenoxy) is 2. The molecule has 0 bridgehead atoms. The lowest BCUT2D eigenvalue weighted by Crippen LogP contribution is -3.15. The lowest BCUT2D eigenvalue weighted by molar-refractivity contribution is -0.895. The first-order valence-electron chi connectivity index (χ1n) is 9.52. The van der Waals surface area contributed by atoms with E-state index in [-0.39, 0.29) is 57.7 Å². The molecule has 1 fully saturated rings. The lowest BCUT2D eigenvalue weighted by Gasteiger charge is -2.31. The molecule has 13 heteroatoms. The molecule has 0 aliphatic carbocycles. The predicted octanol–water partition coefficient (Wildman–Crippen LogP) is 1.84. The van der Waals surface area contributed by atoms with Gasteiger partial charge in [0, 0.05) is 16.8 Å². The van der Waals surface area contributed by atoms with E-state index in [4.69, 9.17) is 23.2 Å². The van der Waals surface area contributed by atoms with E-state index in [1.165, 1.54) is 40.7 Å². The number of piperazine rings is 1. The van der Waals surface area contributed by atoms with Crippen molar-refractivity contribution in [3.8, 4) is 11.5 Å². The van der Waals surface area contributed by atoms with Crippen molar-refractivity contribution in [1.29, 1.82) is 0 Å². The van der Waals surface area contributed by atoms with Crippen LogP contribution in [-0.2, 0) is 14.8 Å². The summed E-state index contributed by atoms with van der Waals surface area (Å²) in [5.74, 6) is -0.630. The van der Waals surface area contributed by atoms with E-state index in [0.717, 1.165) is 4.90 Å². The average Bonchev–Trinajstić information content (AvgIpc) is 3.03. The van der Waals surface area contributed by atoms with Crippen LogP contribution in [0, 0.1) is 0 Å². The Morgan fingerprint density at radius 1 is 1.09 bits per heavy atom. The van der Waals surface area contributed by atoms with Crippen molar-refractivity contribution < 1.29 is 36.4 Å². The maximum Gasteiger partial charge on any atom is 0.586 e. The number of amides is 1. The Bertz CT molecular complexity index is 1160. The number of nitrogens with one attached hydrogen (secondary N) is 2. The third-order valence-corrected chi connectivity index (χ3v) is 7.65. The maximum absolute atomic E-state index is 13.1. The number of quaternary nitrogens is 1. The van der Waals surface area contributed by atoms with Gasteiger partial charge >= 0.3 is 6.29 Å². The molecule has 32 heavy (non-hydrogen) atoms. The van der Waals surface area contributed by atoms with E-state index in [2.05, 4.69) is 14.8 Å². The number of rotatable bonds is 5. The van der Waals surface area contributed by atoms with Crippen molar-refractivity contribution >= 4 is 44.8 Å².